The summed E-state index contributed by atoms with van der Waals surface area (Å²) in [6.07, 6.45) is 0.680. The first-order valence-electron chi connectivity index (χ1n) is 5.61. The molecule has 1 aromatic heterocycles. The van der Waals surface area contributed by atoms with Crippen LogP contribution >= 0.6 is 27.5 Å². The smallest absolute Gasteiger partial charge is 0.166 e. The fraction of sp³-hybridized carbons (Fsp3) is 0.154. The van der Waals surface area contributed by atoms with E-state index in [1.807, 2.05) is 0 Å². The van der Waals surface area contributed by atoms with E-state index in [-0.39, 0.29) is 22.2 Å². The summed E-state index contributed by atoms with van der Waals surface area (Å²) in [6, 6.07) is 3.55. The first-order chi connectivity index (χ1) is 9.40. The second kappa shape index (κ2) is 5.93. The molecule has 1 atom stereocenters. The normalized spacial score (nSPS) is 12.2. The zero-order valence-corrected chi connectivity index (χ0v) is 12.7. The van der Waals surface area contributed by atoms with Gasteiger partial charge in [-0.15, -0.1) is 0 Å². The van der Waals surface area contributed by atoms with Crippen molar-refractivity contribution in [3.63, 3.8) is 0 Å². The SMILES string of the molecule is C[C@H](Oc1cc(Br)cnc1N)c1c(F)ccc(F)c1Cl. The van der Waals surface area contributed by atoms with Gasteiger partial charge in [0.2, 0.25) is 0 Å². The van der Waals surface area contributed by atoms with Crippen LogP contribution in [-0.4, -0.2) is 4.98 Å². The van der Waals surface area contributed by atoms with E-state index >= 15 is 0 Å². The van der Waals surface area contributed by atoms with Crippen molar-refractivity contribution in [1.82, 2.24) is 4.98 Å². The minimum absolute atomic E-state index is 0.0638. The van der Waals surface area contributed by atoms with Gasteiger partial charge in [0, 0.05) is 16.2 Å². The number of benzene rings is 1. The van der Waals surface area contributed by atoms with Gasteiger partial charge < -0.3 is 10.5 Å². The number of aromatic nitrogens is 1. The third-order valence-electron chi connectivity index (χ3n) is 2.64. The van der Waals surface area contributed by atoms with E-state index in [1.54, 1.807) is 13.0 Å². The molecule has 3 nitrogen and oxygen atoms in total. The summed E-state index contributed by atoms with van der Waals surface area (Å²) in [4.78, 5) is 3.89. The number of hydrogen-bond acceptors (Lipinski definition) is 3. The van der Waals surface area contributed by atoms with Crippen LogP contribution in [0.3, 0.4) is 0 Å². The molecule has 1 aromatic carbocycles. The Morgan fingerprint density at radius 3 is 2.70 bits per heavy atom. The summed E-state index contributed by atoms with van der Waals surface area (Å²) >= 11 is 9.00. The van der Waals surface area contributed by atoms with Crippen LogP contribution in [0.2, 0.25) is 5.02 Å². The largest absolute Gasteiger partial charge is 0.482 e. The molecule has 0 amide bonds. The highest BCUT2D eigenvalue weighted by Gasteiger charge is 2.20. The van der Waals surface area contributed by atoms with Crippen molar-refractivity contribution in [2.75, 3.05) is 5.73 Å². The van der Waals surface area contributed by atoms with Crippen molar-refractivity contribution < 1.29 is 13.5 Å². The zero-order valence-electron chi connectivity index (χ0n) is 10.3. The molecular formula is C13H10BrClF2N2O. The van der Waals surface area contributed by atoms with Crippen LogP contribution in [0, 0.1) is 11.6 Å². The van der Waals surface area contributed by atoms with E-state index in [0.29, 0.717) is 4.47 Å². The van der Waals surface area contributed by atoms with Crippen molar-refractivity contribution in [3.8, 4) is 5.75 Å². The Morgan fingerprint density at radius 1 is 1.35 bits per heavy atom. The second-order valence-electron chi connectivity index (χ2n) is 4.05. The quantitative estimate of drug-likeness (QED) is 0.817. The van der Waals surface area contributed by atoms with E-state index in [2.05, 4.69) is 20.9 Å². The molecule has 1 heterocycles. The average Bonchev–Trinajstić information content (AvgIpc) is 2.39. The lowest BCUT2D eigenvalue weighted by Crippen LogP contribution is -2.09. The van der Waals surface area contributed by atoms with Crippen molar-refractivity contribution in [3.05, 3.63) is 51.1 Å². The summed E-state index contributed by atoms with van der Waals surface area (Å²) < 4.78 is 33.4. The van der Waals surface area contributed by atoms with Crippen molar-refractivity contribution in [1.29, 1.82) is 0 Å². The molecule has 0 fully saturated rings. The highest BCUT2D eigenvalue weighted by Crippen LogP contribution is 2.33. The van der Waals surface area contributed by atoms with Gasteiger partial charge in [0.05, 0.1) is 5.02 Å². The molecule has 2 rings (SSSR count). The number of ether oxygens (including phenoxy) is 1. The molecule has 0 radical (unpaired) electrons. The maximum absolute atomic E-state index is 13.8. The molecule has 0 saturated carbocycles. The molecule has 0 unspecified atom stereocenters. The van der Waals surface area contributed by atoms with Crippen LogP contribution < -0.4 is 10.5 Å². The Bertz CT molecular complexity index is 655. The molecule has 0 saturated heterocycles. The molecule has 0 aliphatic rings. The number of nitrogens with two attached hydrogens (primary N) is 1. The molecule has 106 valence electrons. The number of nitrogen functional groups attached to an aromatic ring is 1. The van der Waals surface area contributed by atoms with Crippen LogP contribution in [-0.2, 0) is 0 Å². The second-order valence-corrected chi connectivity index (χ2v) is 5.35. The monoisotopic (exact) mass is 362 g/mol. The Hall–Kier alpha value is -1.40. The lowest BCUT2D eigenvalue weighted by atomic mass is 10.1. The molecule has 0 aliphatic heterocycles. The lowest BCUT2D eigenvalue weighted by molar-refractivity contribution is 0.221. The van der Waals surface area contributed by atoms with Gasteiger partial charge in [0.1, 0.15) is 17.7 Å². The summed E-state index contributed by atoms with van der Waals surface area (Å²) in [7, 11) is 0. The summed E-state index contributed by atoms with van der Waals surface area (Å²) in [6.45, 7) is 1.55. The molecule has 20 heavy (non-hydrogen) atoms. The van der Waals surface area contributed by atoms with Crippen molar-refractivity contribution >= 4 is 33.3 Å². The molecule has 0 spiro atoms. The first-order valence-corrected chi connectivity index (χ1v) is 6.78. The van der Waals surface area contributed by atoms with Gasteiger partial charge >= 0.3 is 0 Å². The Kier molecular flexibility index (Phi) is 4.45. The van der Waals surface area contributed by atoms with Crippen molar-refractivity contribution in [2.45, 2.75) is 13.0 Å². The number of nitrogens with zero attached hydrogens (tertiary/aromatic N) is 1. The number of pyridine rings is 1. The number of rotatable bonds is 3. The highest BCUT2D eigenvalue weighted by molar-refractivity contribution is 9.10. The van der Waals surface area contributed by atoms with E-state index < -0.39 is 17.7 Å². The van der Waals surface area contributed by atoms with E-state index in [9.17, 15) is 8.78 Å². The Morgan fingerprint density at radius 2 is 2.00 bits per heavy atom. The molecule has 2 aromatic rings. The predicted molar refractivity (Wildman–Crippen MR) is 76.8 cm³/mol. The third-order valence-corrected chi connectivity index (χ3v) is 3.46. The number of hydrogen-bond donors (Lipinski definition) is 1. The van der Waals surface area contributed by atoms with Gasteiger partial charge in [-0.2, -0.15) is 0 Å². The van der Waals surface area contributed by atoms with Crippen LogP contribution in [0.15, 0.2) is 28.9 Å². The van der Waals surface area contributed by atoms with Gasteiger partial charge in [-0.3, -0.25) is 0 Å². The fourth-order valence-corrected chi connectivity index (χ4v) is 2.31. The third kappa shape index (κ3) is 3.02. The lowest BCUT2D eigenvalue weighted by Gasteiger charge is -2.18. The number of halogens is 4. The first kappa shape index (κ1) is 15.0. The summed E-state index contributed by atoms with van der Waals surface area (Å²) in [5, 5.41) is -0.306. The topological polar surface area (TPSA) is 48.1 Å². The highest BCUT2D eigenvalue weighted by atomic mass is 79.9. The van der Waals surface area contributed by atoms with Crippen LogP contribution in [0.1, 0.15) is 18.6 Å². The molecule has 7 heteroatoms. The maximum atomic E-state index is 13.8. The molecule has 2 N–H and O–H groups in total. The minimum Gasteiger partial charge on any atom is -0.482 e. The van der Waals surface area contributed by atoms with Crippen LogP contribution in [0.5, 0.6) is 5.75 Å². The van der Waals surface area contributed by atoms with Gasteiger partial charge in [0.15, 0.2) is 11.6 Å². The maximum Gasteiger partial charge on any atom is 0.166 e. The Balaban J connectivity index is 2.35. The summed E-state index contributed by atoms with van der Waals surface area (Å²) in [5.74, 6) is -0.955. The van der Waals surface area contributed by atoms with Crippen LogP contribution in [0.4, 0.5) is 14.6 Å². The standard InChI is InChI=1S/C13H10BrClF2N2O/c1-6(11-8(16)2-3-9(17)12(11)15)20-10-4-7(14)5-19-13(10)18/h2-6H,1H3,(H2,18,19)/t6-/m0/s1. The number of anilines is 1. The zero-order chi connectivity index (χ0) is 14.9. The van der Waals surface area contributed by atoms with E-state index in [1.165, 1.54) is 6.20 Å². The van der Waals surface area contributed by atoms with E-state index in [0.717, 1.165) is 12.1 Å². The summed E-state index contributed by atoms with van der Waals surface area (Å²) in [5.41, 5.74) is 5.60. The van der Waals surface area contributed by atoms with Gasteiger partial charge in [0.25, 0.3) is 0 Å². The molecule has 0 bridgehead atoms. The predicted octanol–water partition coefficient (Wildman–Crippen LogP) is 4.50. The Labute approximate surface area is 127 Å². The molecular weight excluding hydrogens is 354 g/mol. The average molecular weight is 364 g/mol. The van der Waals surface area contributed by atoms with Gasteiger partial charge in [-0.1, -0.05) is 11.6 Å². The van der Waals surface area contributed by atoms with Gasteiger partial charge in [-0.25, -0.2) is 13.8 Å². The van der Waals surface area contributed by atoms with Crippen molar-refractivity contribution in [2.24, 2.45) is 0 Å². The van der Waals surface area contributed by atoms with Gasteiger partial charge in [-0.05, 0) is 41.1 Å². The molecule has 0 aliphatic carbocycles. The van der Waals surface area contributed by atoms with Crippen LogP contribution in [0.25, 0.3) is 0 Å². The van der Waals surface area contributed by atoms with E-state index in [4.69, 9.17) is 22.1 Å². The fourth-order valence-electron chi connectivity index (χ4n) is 1.69. The minimum atomic E-state index is -0.823.